The molecule has 1 unspecified atom stereocenters. The van der Waals surface area contributed by atoms with Crippen LogP contribution in [0.5, 0.6) is 5.75 Å². The zero-order valence-electron chi connectivity index (χ0n) is 9.46. The lowest BCUT2D eigenvalue weighted by Crippen LogP contribution is -2.18. The van der Waals surface area contributed by atoms with Crippen LogP contribution in [0, 0.1) is 11.3 Å². The molecule has 0 amide bonds. The van der Waals surface area contributed by atoms with Crippen molar-refractivity contribution >= 4 is 11.6 Å². The van der Waals surface area contributed by atoms with Crippen molar-refractivity contribution in [3.05, 3.63) is 28.8 Å². The Morgan fingerprint density at radius 2 is 2.31 bits per heavy atom. The summed E-state index contributed by atoms with van der Waals surface area (Å²) in [5, 5.41) is 12.5. The second-order valence-electron chi connectivity index (χ2n) is 3.41. The highest BCUT2D eigenvalue weighted by Gasteiger charge is 2.11. The molecule has 0 aliphatic heterocycles. The molecule has 0 heterocycles. The molecular weight excluding hydrogens is 224 g/mol. The number of rotatable bonds is 5. The van der Waals surface area contributed by atoms with Crippen LogP contribution in [0.1, 0.15) is 25.5 Å². The Kier molecular flexibility index (Phi) is 5.10. The van der Waals surface area contributed by atoms with Gasteiger partial charge < -0.3 is 10.1 Å². The second kappa shape index (κ2) is 6.37. The minimum Gasteiger partial charge on any atom is -0.478 e. The molecule has 16 heavy (non-hydrogen) atoms. The quantitative estimate of drug-likeness (QED) is 0.858. The predicted molar refractivity (Wildman–Crippen MR) is 64.7 cm³/mol. The number of ether oxygens (including phenoxy) is 1. The van der Waals surface area contributed by atoms with Crippen molar-refractivity contribution in [3.63, 3.8) is 0 Å². The Morgan fingerprint density at radius 1 is 1.56 bits per heavy atom. The molecule has 1 aromatic rings. The zero-order chi connectivity index (χ0) is 12.0. The maximum atomic E-state index is 8.50. The van der Waals surface area contributed by atoms with E-state index in [1.165, 1.54) is 0 Å². The van der Waals surface area contributed by atoms with Crippen LogP contribution in [0.2, 0.25) is 5.02 Å². The number of halogens is 1. The van der Waals surface area contributed by atoms with E-state index in [9.17, 15) is 0 Å². The fourth-order valence-electron chi connectivity index (χ4n) is 1.52. The number of nitrogens with one attached hydrogen (secondary N) is 1. The normalized spacial score (nSPS) is 11.9. The van der Waals surface area contributed by atoms with Crippen molar-refractivity contribution in [1.82, 2.24) is 5.32 Å². The first-order chi connectivity index (χ1) is 7.69. The summed E-state index contributed by atoms with van der Waals surface area (Å²) < 4.78 is 5.35. The first-order valence-corrected chi connectivity index (χ1v) is 5.59. The maximum Gasteiger partial charge on any atom is 0.174 e. The largest absolute Gasteiger partial charge is 0.478 e. The molecular formula is C12H15ClN2O. The highest BCUT2D eigenvalue weighted by Crippen LogP contribution is 2.28. The van der Waals surface area contributed by atoms with Crippen LogP contribution in [0.15, 0.2) is 18.2 Å². The Labute approximate surface area is 101 Å². The third-order valence-electron chi connectivity index (χ3n) is 2.24. The topological polar surface area (TPSA) is 45.0 Å². The fraction of sp³-hybridized carbons (Fsp3) is 0.417. The molecule has 1 aromatic carbocycles. The molecule has 1 N–H and O–H groups in total. The van der Waals surface area contributed by atoms with E-state index >= 15 is 0 Å². The molecule has 86 valence electrons. The summed E-state index contributed by atoms with van der Waals surface area (Å²) in [4.78, 5) is 0. The van der Waals surface area contributed by atoms with Gasteiger partial charge in [0.2, 0.25) is 0 Å². The van der Waals surface area contributed by atoms with Crippen molar-refractivity contribution in [2.75, 3.05) is 13.2 Å². The number of nitrogens with zero attached hydrogens (tertiary/aromatic N) is 1. The summed E-state index contributed by atoms with van der Waals surface area (Å²) >= 11 is 5.95. The van der Waals surface area contributed by atoms with E-state index in [0.29, 0.717) is 10.8 Å². The Morgan fingerprint density at radius 3 is 2.94 bits per heavy atom. The van der Waals surface area contributed by atoms with Crippen LogP contribution in [0.25, 0.3) is 0 Å². The van der Waals surface area contributed by atoms with E-state index in [2.05, 4.69) is 5.32 Å². The van der Waals surface area contributed by atoms with Gasteiger partial charge in [0.25, 0.3) is 0 Å². The molecule has 0 aliphatic rings. The predicted octanol–water partition coefficient (Wildman–Crippen LogP) is 2.91. The average Bonchev–Trinajstić information content (AvgIpc) is 2.27. The summed E-state index contributed by atoms with van der Waals surface area (Å²) in [7, 11) is 0. The molecule has 0 aliphatic carbocycles. The summed E-state index contributed by atoms with van der Waals surface area (Å²) in [5.74, 6) is 0.708. The Balaban J connectivity index is 2.93. The SMILES string of the molecule is CCNC(C)c1cc(Cl)ccc1OCC#N. The lowest BCUT2D eigenvalue weighted by molar-refractivity contribution is 0.359. The van der Waals surface area contributed by atoms with Gasteiger partial charge in [-0.3, -0.25) is 0 Å². The van der Waals surface area contributed by atoms with Crippen molar-refractivity contribution in [2.45, 2.75) is 19.9 Å². The van der Waals surface area contributed by atoms with Gasteiger partial charge in [-0.15, -0.1) is 0 Å². The smallest absolute Gasteiger partial charge is 0.174 e. The standard InChI is InChI=1S/C12H15ClN2O/c1-3-15-9(2)11-8-10(13)4-5-12(11)16-7-6-14/h4-5,8-9,15H,3,7H2,1-2H3. The van der Waals surface area contributed by atoms with Crippen molar-refractivity contribution in [2.24, 2.45) is 0 Å². The molecule has 1 atom stereocenters. The monoisotopic (exact) mass is 238 g/mol. The van der Waals surface area contributed by atoms with E-state index in [1.54, 1.807) is 12.1 Å². The van der Waals surface area contributed by atoms with Crippen LogP contribution in [0.4, 0.5) is 0 Å². The number of hydrogen-bond donors (Lipinski definition) is 1. The molecule has 3 nitrogen and oxygen atoms in total. The van der Waals surface area contributed by atoms with Crippen molar-refractivity contribution in [1.29, 1.82) is 5.26 Å². The van der Waals surface area contributed by atoms with Gasteiger partial charge in [-0.1, -0.05) is 18.5 Å². The summed E-state index contributed by atoms with van der Waals surface area (Å²) in [5.41, 5.74) is 0.976. The lowest BCUT2D eigenvalue weighted by atomic mass is 10.1. The van der Waals surface area contributed by atoms with Gasteiger partial charge in [0, 0.05) is 16.6 Å². The highest BCUT2D eigenvalue weighted by molar-refractivity contribution is 6.30. The molecule has 0 bridgehead atoms. The van der Waals surface area contributed by atoms with Crippen LogP contribution in [-0.2, 0) is 0 Å². The summed E-state index contributed by atoms with van der Waals surface area (Å²) in [6.45, 7) is 4.99. The summed E-state index contributed by atoms with van der Waals surface area (Å²) in [6.07, 6.45) is 0. The first kappa shape index (κ1) is 12.8. The van der Waals surface area contributed by atoms with Crippen LogP contribution in [0.3, 0.4) is 0 Å². The molecule has 0 saturated carbocycles. The van der Waals surface area contributed by atoms with Gasteiger partial charge in [-0.05, 0) is 31.7 Å². The molecule has 0 spiro atoms. The van der Waals surface area contributed by atoms with Gasteiger partial charge >= 0.3 is 0 Å². The van der Waals surface area contributed by atoms with Gasteiger partial charge in [0.1, 0.15) is 11.8 Å². The molecule has 4 heteroatoms. The van der Waals surface area contributed by atoms with Gasteiger partial charge in [0.05, 0.1) is 0 Å². The zero-order valence-corrected chi connectivity index (χ0v) is 10.2. The number of nitriles is 1. The maximum absolute atomic E-state index is 8.50. The third-order valence-corrected chi connectivity index (χ3v) is 2.48. The minimum atomic E-state index is 0.0491. The first-order valence-electron chi connectivity index (χ1n) is 5.21. The van der Waals surface area contributed by atoms with Crippen LogP contribution >= 0.6 is 11.6 Å². The van der Waals surface area contributed by atoms with E-state index in [1.807, 2.05) is 26.0 Å². The van der Waals surface area contributed by atoms with E-state index < -0.39 is 0 Å². The number of hydrogen-bond acceptors (Lipinski definition) is 3. The third kappa shape index (κ3) is 3.41. The Hall–Kier alpha value is -1.24. The van der Waals surface area contributed by atoms with Crippen molar-refractivity contribution < 1.29 is 4.74 Å². The molecule has 0 aromatic heterocycles. The van der Waals surface area contributed by atoms with E-state index in [4.69, 9.17) is 21.6 Å². The molecule has 0 radical (unpaired) electrons. The highest BCUT2D eigenvalue weighted by atomic mass is 35.5. The molecule has 0 fully saturated rings. The lowest BCUT2D eigenvalue weighted by Gasteiger charge is -2.17. The molecule has 0 saturated heterocycles. The van der Waals surface area contributed by atoms with Gasteiger partial charge in [0.15, 0.2) is 6.61 Å². The van der Waals surface area contributed by atoms with Crippen LogP contribution in [-0.4, -0.2) is 13.2 Å². The van der Waals surface area contributed by atoms with Gasteiger partial charge in [-0.2, -0.15) is 5.26 Å². The fourth-order valence-corrected chi connectivity index (χ4v) is 1.70. The van der Waals surface area contributed by atoms with Crippen molar-refractivity contribution in [3.8, 4) is 11.8 Å². The number of benzene rings is 1. The van der Waals surface area contributed by atoms with Gasteiger partial charge in [-0.25, -0.2) is 0 Å². The van der Waals surface area contributed by atoms with E-state index in [-0.39, 0.29) is 12.6 Å². The summed E-state index contributed by atoms with van der Waals surface area (Å²) in [6, 6.07) is 7.52. The Bertz CT molecular complexity index is 387. The average molecular weight is 239 g/mol. The van der Waals surface area contributed by atoms with E-state index in [0.717, 1.165) is 12.1 Å². The second-order valence-corrected chi connectivity index (χ2v) is 3.84. The van der Waals surface area contributed by atoms with Crippen LogP contribution < -0.4 is 10.1 Å². The minimum absolute atomic E-state index is 0.0491. The molecule has 1 rings (SSSR count).